The number of nitrogens with one attached hydrogen (secondary N) is 1. The van der Waals surface area contributed by atoms with E-state index in [9.17, 15) is 4.79 Å². The molecule has 6 heteroatoms. The molecule has 0 saturated heterocycles. The Labute approximate surface area is 164 Å². The van der Waals surface area contributed by atoms with E-state index in [1.807, 2.05) is 38.1 Å². The van der Waals surface area contributed by atoms with E-state index in [2.05, 4.69) is 31.2 Å². The van der Waals surface area contributed by atoms with E-state index in [4.69, 9.17) is 4.42 Å². The highest BCUT2D eigenvalue weighted by Crippen LogP contribution is 2.27. The van der Waals surface area contributed by atoms with Gasteiger partial charge in [-0.2, -0.15) is 0 Å². The van der Waals surface area contributed by atoms with Gasteiger partial charge in [0.15, 0.2) is 5.58 Å². The fourth-order valence-electron chi connectivity index (χ4n) is 2.74. The third-order valence-electron chi connectivity index (χ3n) is 4.37. The third-order valence-corrected chi connectivity index (χ3v) is 4.80. The summed E-state index contributed by atoms with van der Waals surface area (Å²) in [6, 6.07) is 12.9. The molecule has 1 amide bonds. The van der Waals surface area contributed by atoms with Crippen molar-refractivity contribution in [2.24, 2.45) is 0 Å². The van der Waals surface area contributed by atoms with E-state index in [1.165, 1.54) is 0 Å². The zero-order chi connectivity index (χ0) is 19.0. The quantitative estimate of drug-likeness (QED) is 0.472. The lowest BCUT2D eigenvalue weighted by atomic mass is 10.1. The van der Waals surface area contributed by atoms with Gasteiger partial charge in [0.05, 0.1) is 5.56 Å². The second kappa shape index (κ2) is 6.96. The lowest BCUT2D eigenvalue weighted by molar-refractivity contribution is 0.102. The van der Waals surface area contributed by atoms with Crippen molar-refractivity contribution in [1.29, 1.82) is 0 Å². The molecule has 5 nitrogen and oxygen atoms in total. The number of oxazole rings is 1. The monoisotopic (exact) mass is 421 g/mol. The summed E-state index contributed by atoms with van der Waals surface area (Å²) in [6.45, 7) is 4.01. The van der Waals surface area contributed by atoms with Crippen LogP contribution in [0.15, 0.2) is 63.7 Å². The smallest absolute Gasteiger partial charge is 0.255 e. The number of carbonyl (C=O) groups excluding carboxylic acids is 1. The van der Waals surface area contributed by atoms with Crippen LogP contribution in [0.25, 0.3) is 22.6 Å². The molecular formula is C21H16BrN3O2. The molecule has 4 rings (SSSR count). The topological polar surface area (TPSA) is 68.0 Å². The van der Waals surface area contributed by atoms with Crippen LogP contribution in [-0.4, -0.2) is 15.9 Å². The van der Waals surface area contributed by atoms with Crippen LogP contribution in [0.3, 0.4) is 0 Å². The lowest BCUT2D eigenvalue weighted by Crippen LogP contribution is -2.12. The fourth-order valence-corrected chi connectivity index (χ4v) is 3.11. The lowest BCUT2D eigenvalue weighted by Gasteiger charge is -2.07. The van der Waals surface area contributed by atoms with Crippen LogP contribution >= 0.6 is 15.9 Å². The SMILES string of the molecule is Cc1ccc(C(=O)Nc2ccc3oc(-c4cncc(Br)c4)nc3c2)cc1C. The van der Waals surface area contributed by atoms with Gasteiger partial charge in [-0.25, -0.2) is 4.98 Å². The van der Waals surface area contributed by atoms with Crippen LogP contribution < -0.4 is 5.32 Å². The predicted octanol–water partition coefficient (Wildman–Crippen LogP) is 5.52. The molecule has 2 aromatic carbocycles. The average molecular weight is 422 g/mol. The molecule has 0 saturated carbocycles. The number of hydrogen-bond donors (Lipinski definition) is 1. The molecule has 0 radical (unpaired) electrons. The van der Waals surface area contributed by atoms with Gasteiger partial charge >= 0.3 is 0 Å². The molecule has 134 valence electrons. The van der Waals surface area contributed by atoms with Gasteiger partial charge < -0.3 is 9.73 Å². The summed E-state index contributed by atoms with van der Waals surface area (Å²) in [4.78, 5) is 21.2. The Morgan fingerprint density at radius 3 is 2.67 bits per heavy atom. The zero-order valence-corrected chi connectivity index (χ0v) is 16.4. The number of hydrogen-bond acceptors (Lipinski definition) is 4. The summed E-state index contributed by atoms with van der Waals surface area (Å²) < 4.78 is 6.65. The minimum absolute atomic E-state index is 0.155. The maximum atomic E-state index is 12.5. The molecule has 27 heavy (non-hydrogen) atoms. The van der Waals surface area contributed by atoms with Crippen molar-refractivity contribution in [2.75, 3.05) is 5.32 Å². The number of halogens is 1. The van der Waals surface area contributed by atoms with Crippen LogP contribution in [0.2, 0.25) is 0 Å². The summed E-state index contributed by atoms with van der Waals surface area (Å²) in [7, 11) is 0. The van der Waals surface area contributed by atoms with Crippen molar-refractivity contribution >= 4 is 38.6 Å². The summed E-state index contributed by atoms with van der Waals surface area (Å²) >= 11 is 3.39. The predicted molar refractivity (Wildman–Crippen MR) is 109 cm³/mol. The first-order chi connectivity index (χ1) is 13.0. The highest BCUT2D eigenvalue weighted by atomic mass is 79.9. The summed E-state index contributed by atoms with van der Waals surface area (Å²) in [5.74, 6) is 0.328. The first-order valence-electron chi connectivity index (χ1n) is 8.40. The van der Waals surface area contributed by atoms with Gasteiger partial charge in [-0.3, -0.25) is 9.78 Å². The molecule has 0 atom stereocenters. The molecule has 0 aliphatic rings. The summed E-state index contributed by atoms with van der Waals surface area (Å²) in [5.41, 5.74) is 5.63. The van der Waals surface area contributed by atoms with Gasteiger partial charge in [0.2, 0.25) is 5.89 Å². The number of aryl methyl sites for hydroxylation is 2. The molecule has 0 aliphatic carbocycles. The molecular weight excluding hydrogens is 406 g/mol. The third kappa shape index (κ3) is 3.61. The number of carbonyl (C=O) groups is 1. The zero-order valence-electron chi connectivity index (χ0n) is 14.8. The molecule has 2 aromatic heterocycles. The molecule has 0 aliphatic heterocycles. The van der Waals surface area contributed by atoms with E-state index >= 15 is 0 Å². The normalized spacial score (nSPS) is 10.9. The Kier molecular flexibility index (Phi) is 4.49. The highest BCUT2D eigenvalue weighted by molar-refractivity contribution is 9.10. The minimum Gasteiger partial charge on any atom is -0.436 e. The number of fused-ring (bicyclic) bond motifs is 1. The van der Waals surface area contributed by atoms with Crippen molar-refractivity contribution < 1.29 is 9.21 Å². The second-order valence-electron chi connectivity index (χ2n) is 6.35. The first-order valence-corrected chi connectivity index (χ1v) is 9.19. The van der Waals surface area contributed by atoms with Gasteiger partial charge in [-0.1, -0.05) is 6.07 Å². The van der Waals surface area contributed by atoms with E-state index in [1.54, 1.807) is 30.6 Å². The van der Waals surface area contributed by atoms with Crippen LogP contribution in [-0.2, 0) is 0 Å². The van der Waals surface area contributed by atoms with Crippen molar-refractivity contribution in [3.8, 4) is 11.5 Å². The first kappa shape index (κ1) is 17.4. The molecule has 4 aromatic rings. The van der Waals surface area contributed by atoms with Gasteiger partial charge in [0, 0.05) is 28.1 Å². The maximum Gasteiger partial charge on any atom is 0.255 e. The number of amides is 1. The van der Waals surface area contributed by atoms with Gasteiger partial charge in [0.1, 0.15) is 5.52 Å². The van der Waals surface area contributed by atoms with Crippen LogP contribution in [0.1, 0.15) is 21.5 Å². The molecule has 0 bridgehead atoms. The van der Waals surface area contributed by atoms with Crippen LogP contribution in [0, 0.1) is 13.8 Å². The van der Waals surface area contributed by atoms with Gasteiger partial charge in [0.25, 0.3) is 5.91 Å². The molecule has 2 heterocycles. The molecule has 1 N–H and O–H groups in total. The Morgan fingerprint density at radius 2 is 1.89 bits per heavy atom. The van der Waals surface area contributed by atoms with Gasteiger partial charge in [-0.05, 0) is 77.3 Å². The van der Waals surface area contributed by atoms with Crippen LogP contribution in [0.4, 0.5) is 5.69 Å². The number of anilines is 1. The number of benzene rings is 2. The van der Waals surface area contributed by atoms with Crippen molar-refractivity contribution in [1.82, 2.24) is 9.97 Å². The Morgan fingerprint density at radius 1 is 1.04 bits per heavy atom. The van der Waals surface area contributed by atoms with E-state index < -0.39 is 0 Å². The molecule has 0 fully saturated rings. The second-order valence-corrected chi connectivity index (χ2v) is 7.26. The largest absolute Gasteiger partial charge is 0.436 e. The maximum absolute atomic E-state index is 12.5. The molecule has 0 unspecified atom stereocenters. The number of pyridine rings is 1. The minimum atomic E-state index is -0.155. The number of nitrogens with zero attached hydrogens (tertiary/aromatic N) is 2. The van der Waals surface area contributed by atoms with E-state index in [0.717, 1.165) is 21.2 Å². The van der Waals surface area contributed by atoms with Crippen molar-refractivity contribution in [2.45, 2.75) is 13.8 Å². The van der Waals surface area contributed by atoms with E-state index in [0.29, 0.717) is 28.2 Å². The summed E-state index contributed by atoms with van der Waals surface area (Å²) in [6.07, 6.45) is 3.39. The number of aromatic nitrogens is 2. The highest BCUT2D eigenvalue weighted by Gasteiger charge is 2.12. The van der Waals surface area contributed by atoms with Crippen LogP contribution in [0.5, 0.6) is 0 Å². The average Bonchev–Trinajstić information content (AvgIpc) is 3.07. The Balaban J connectivity index is 1.61. The standard InChI is InChI=1S/C21H16BrN3O2/c1-12-3-4-14(7-13(12)2)20(26)24-17-5-6-19-18(9-17)25-21(27-19)15-8-16(22)11-23-10-15/h3-11H,1-2H3,(H,24,26). The fraction of sp³-hybridized carbons (Fsp3) is 0.0952. The van der Waals surface area contributed by atoms with Crippen molar-refractivity contribution in [3.05, 3.63) is 76.0 Å². The van der Waals surface area contributed by atoms with Crippen molar-refractivity contribution in [3.63, 3.8) is 0 Å². The van der Waals surface area contributed by atoms with E-state index in [-0.39, 0.29) is 5.91 Å². The molecule has 0 spiro atoms. The van der Waals surface area contributed by atoms with Gasteiger partial charge in [-0.15, -0.1) is 0 Å². The Bertz CT molecular complexity index is 1170. The summed E-state index contributed by atoms with van der Waals surface area (Å²) in [5, 5.41) is 2.91. The number of rotatable bonds is 3. The Hall–Kier alpha value is -2.99.